The maximum atomic E-state index is 10.2. The molecule has 0 radical (unpaired) electrons. The van der Waals surface area contributed by atoms with Gasteiger partial charge in [-0.15, -0.1) is 18.2 Å². The Balaban J connectivity index is 2.04. The zero-order valence-corrected chi connectivity index (χ0v) is 13.3. The number of nitrogens with two attached hydrogens (primary N) is 1. The van der Waals surface area contributed by atoms with E-state index < -0.39 is 10.9 Å². The molecule has 9 heteroatoms. The summed E-state index contributed by atoms with van der Waals surface area (Å²) in [5, 5.41) is 19.6. The van der Waals surface area contributed by atoms with Crippen molar-refractivity contribution in [2.75, 3.05) is 18.9 Å². The van der Waals surface area contributed by atoms with Crippen molar-refractivity contribution in [3.63, 3.8) is 0 Å². The lowest BCUT2D eigenvalue weighted by atomic mass is 10.0. The Hall–Kier alpha value is -2.02. The molecule has 2 aromatic rings. The van der Waals surface area contributed by atoms with Gasteiger partial charge in [0.25, 0.3) is 0 Å². The predicted octanol–water partition coefficient (Wildman–Crippen LogP) is 0.168. The third kappa shape index (κ3) is 2.49. The molecule has 0 aromatic carbocycles. The second-order valence-electron chi connectivity index (χ2n) is 5.16. The zero-order chi connectivity index (χ0) is 16.6. The summed E-state index contributed by atoms with van der Waals surface area (Å²) in [6.07, 6.45) is 6.64. The third-order valence-electron chi connectivity index (χ3n) is 3.79. The number of aliphatic hydroxyl groups is 2. The minimum Gasteiger partial charge on any atom is -0.476 e. The van der Waals surface area contributed by atoms with Gasteiger partial charge in [0, 0.05) is 6.42 Å². The first-order valence-electron chi connectivity index (χ1n) is 7.12. The second-order valence-corrected chi connectivity index (χ2v) is 6.67. The van der Waals surface area contributed by atoms with Gasteiger partial charge in [-0.3, -0.25) is 0 Å². The van der Waals surface area contributed by atoms with Crippen molar-refractivity contribution >= 4 is 28.9 Å². The van der Waals surface area contributed by atoms with E-state index in [1.54, 1.807) is 10.9 Å². The minimum absolute atomic E-state index is 0.0802. The van der Waals surface area contributed by atoms with Crippen molar-refractivity contribution < 1.29 is 14.9 Å². The molecular weight excluding hydrogens is 318 g/mol. The van der Waals surface area contributed by atoms with Crippen molar-refractivity contribution in [2.45, 2.75) is 29.6 Å². The highest BCUT2D eigenvalue weighted by Crippen LogP contribution is 2.49. The van der Waals surface area contributed by atoms with E-state index in [1.807, 2.05) is 6.92 Å². The smallest absolute Gasteiger partial charge is 0.247 e. The van der Waals surface area contributed by atoms with Gasteiger partial charge in [0.05, 0.1) is 31.0 Å². The van der Waals surface area contributed by atoms with E-state index in [9.17, 15) is 10.2 Å². The van der Waals surface area contributed by atoms with Gasteiger partial charge < -0.3 is 25.3 Å². The molecule has 1 fully saturated rings. The van der Waals surface area contributed by atoms with Crippen molar-refractivity contribution in [1.82, 2.24) is 19.5 Å². The van der Waals surface area contributed by atoms with Crippen LogP contribution in [0.4, 0.5) is 5.95 Å². The van der Waals surface area contributed by atoms with E-state index in [0.717, 1.165) is 0 Å². The number of thioether (sulfide) groups is 1. The zero-order valence-electron chi connectivity index (χ0n) is 12.5. The number of aliphatic hydroxyl groups excluding tert-OH is 2. The molecule has 122 valence electrons. The molecule has 8 nitrogen and oxygen atoms in total. The number of imidazole rings is 1. The Morgan fingerprint density at radius 2 is 2.39 bits per heavy atom. The lowest BCUT2D eigenvalue weighted by Gasteiger charge is -2.22. The maximum Gasteiger partial charge on any atom is 0.247 e. The maximum absolute atomic E-state index is 10.2. The number of nitrogen functional groups attached to an aromatic ring is 1. The normalized spacial score (nSPS) is 27.2. The molecule has 0 aliphatic carbocycles. The van der Waals surface area contributed by atoms with E-state index in [-0.39, 0.29) is 17.9 Å². The average Bonchev–Trinajstić information content (AvgIpc) is 3.09. The number of hydrogen-bond acceptors (Lipinski definition) is 8. The number of anilines is 1. The number of nitrogens with zero attached hydrogens (tertiary/aromatic N) is 4. The van der Waals surface area contributed by atoms with Crippen molar-refractivity contribution in [3.05, 3.63) is 6.33 Å². The summed E-state index contributed by atoms with van der Waals surface area (Å²) in [6, 6.07) is 0. The SMILES string of the molecule is C#CC1(CO)SC(n2cnc3c(OCC)nc(N)nc32)CC1O. The second kappa shape index (κ2) is 5.88. The van der Waals surface area contributed by atoms with Crippen molar-refractivity contribution in [1.29, 1.82) is 0 Å². The number of fused-ring (bicyclic) bond motifs is 1. The predicted molar refractivity (Wildman–Crippen MR) is 86.8 cm³/mol. The molecule has 1 saturated heterocycles. The fraction of sp³-hybridized carbons (Fsp3) is 0.500. The van der Waals surface area contributed by atoms with Crippen LogP contribution >= 0.6 is 11.8 Å². The number of rotatable bonds is 4. The molecular formula is C14H17N5O3S. The van der Waals surface area contributed by atoms with Crippen LogP contribution in [-0.2, 0) is 0 Å². The summed E-state index contributed by atoms with van der Waals surface area (Å²) in [4.78, 5) is 12.6. The van der Waals surface area contributed by atoms with Crippen molar-refractivity contribution in [3.8, 4) is 18.2 Å². The molecule has 3 rings (SSSR count). The first-order valence-corrected chi connectivity index (χ1v) is 8.00. The number of terminal acetylenes is 1. The van der Waals surface area contributed by atoms with Crippen LogP contribution in [0.3, 0.4) is 0 Å². The number of aromatic nitrogens is 4. The van der Waals surface area contributed by atoms with Gasteiger partial charge >= 0.3 is 0 Å². The Kier molecular flexibility index (Phi) is 4.06. The molecule has 0 spiro atoms. The van der Waals surface area contributed by atoms with Crippen LogP contribution in [0.1, 0.15) is 18.7 Å². The fourth-order valence-corrected chi connectivity index (χ4v) is 4.02. The van der Waals surface area contributed by atoms with E-state index in [4.69, 9.17) is 16.9 Å². The molecule has 3 heterocycles. The van der Waals surface area contributed by atoms with Crippen LogP contribution in [0.15, 0.2) is 6.33 Å². The topological polar surface area (TPSA) is 119 Å². The van der Waals surface area contributed by atoms with Crippen LogP contribution in [0, 0.1) is 12.3 Å². The molecule has 3 unspecified atom stereocenters. The Labute approximate surface area is 137 Å². The Morgan fingerprint density at radius 1 is 1.61 bits per heavy atom. The minimum atomic E-state index is -1.03. The summed E-state index contributed by atoms with van der Waals surface area (Å²) in [5.74, 6) is 2.91. The van der Waals surface area contributed by atoms with Crippen LogP contribution in [0.2, 0.25) is 0 Å². The molecule has 23 heavy (non-hydrogen) atoms. The van der Waals surface area contributed by atoms with E-state index >= 15 is 0 Å². The average molecular weight is 335 g/mol. The molecule has 0 saturated carbocycles. The quantitative estimate of drug-likeness (QED) is 0.676. The number of ether oxygens (including phenoxy) is 1. The first kappa shape index (κ1) is 15.9. The Morgan fingerprint density at radius 3 is 3.00 bits per heavy atom. The lowest BCUT2D eigenvalue weighted by molar-refractivity contribution is 0.114. The van der Waals surface area contributed by atoms with Crippen LogP contribution in [-0.4, -0.2) is 53.8 Å². The molecule has 2 aromatic heterocycles. The molecule has 4 N–H and O–H groups in total. The summed E-state index contributed by atoms with van der Waals surface area (Å²) < 4.78 is 6.20. The van der Waals surface area contributed by atoms with E-state index in [2.05, 4.69) is 20.9 Å². The summed E-state index contributed by atoms with van der Waals surface area (Å²) in [5.41, 5.74) is 6.75. The van der Waals surface area contributed by atoms with Gasteiger partial charge in [-0.1, -0.05) is 5.92 Å². The highest BCUT2D eigenvalue weighted by atomic mass is 32.2. The molecule has 0 bridgehead atoms. The third-order valence-corrected chi connectivity index (χ3v) is 5.42. The summed E-state index contributed by atoms with van der Waals surface area (Å²) >= 11 is 1.31. The van der Waals surface area contributed by atoms with Gasteiger partial charge in [-0.05, 0) is 6.92 Å². The van der Waals surface area contributed by atoms with Gasteiger partial charge in [0.15, 0.2) is 11.2 Å². The molecule has 1 aliphatic heterocycles. The fourth-order valence-electron chi connectivity index (χ4n) is 2.59. The highest BCUT2D eigenvalue weighted by molar-refractivity contribution is 8.01. The summed E-state index contributed by atoms with van der Waals surface area (Å²) in [6.45, 7) is 1.96. The van der Waals surface area contributed by atoms with Crippen LogP contribution in [0.25, 0.3) is 11.2 Å². The van der Waals surface area contributed by atoms with Crippen molar-refractivity contribution in [2.24, 2.45) is 0 Å². The van der Waals surface area contributed by atoms with Gasteiger partial charge in [0.2, 0.25) is 11.8 Å². The van der Waals surface area contributed by atoms with Gasteiger partial charge in [-0.2, -0.15) is 9.97 Å². The Bertz CT molecular complexity index is 774. The van der Waals surface area contributed by atoms with Gasteiger partial charge in [-0.25, -0.2) is 4.98 Å². The standard InChI is InChI=1S/C14H17N5O3S/c1-3-14(6-20)8(21)5-9(23-14)19-7-16-10-11(19)17-13(15)18-12(10)22-4-2/h1,7-9,20-21H,4-6H2,2H3,(H2,15,17,18). The molecule has 3 atom stereocenters. The summed E-state index contributed by atoms with van der Waals surface area (Å²) in [7, 11) is 0. The van der Waals surface area contributed by atoms with E-state index in [1.165, 1.54) is 11.8 Å². The first-order chi connectivity index (χ1) is 11.0. The lowest BCUT2D eigenvalue weighted by Crippen LogP contribution is -2.36. The van der Waals surface area contributed by atoms with Gasteiger partial charge in [0.1, 0.15) is 4.75 Å². The molecule has 1 aliphatic rings. The molecule has 0 amide bonds. The van der Waals surface area contributed by atoms with E-state index in [0.29, 0.717) is 30.1 Å². The highest BCUT2D eigenvalue weighted by Gasteiger charge is 2.47. The van der Waals surface area contributed by atoms with Crippen LogP contribution < -0.4 is 10.5 Å². The largest absolute Gasteiger partial charge is 0.476 e. The number of hydrogen-bond donors (Lipinski definition) is 3. The monoisotopic (exact) mass is 335 g/mol. The van der Waals surface area contributed by atoms with Crippen LogP contribution in [0.5, 0.6) is 5.88 Å².